The number of benzene rings is 1. The molecule has 0 unspecified atom stereocenters. The van der Waals surface area contributed by atoms with E-state index < -0.39 is 0 Å². The third-order valence-electron chi connectivity index (χ3n) is 4.65. The molecule has 0 bridgehead atoms. The van der Waals surface area contributed by atoms with Gasteiger partial charge in [0.2, 0.25) is 0 Å². The Morgan fingerprint density at radius 1 is 1.16 bits per heavy atom. The van der Waals surface area contributed by atoms with Gasteiger partial charge in [-0.25, -0.2) is 4.68 Å². The second-order valence-corrected chi connectivity index (χ2v) is 6.47. The zero-order chi connectivity index (χ0) is 17.8. The van der Waals surface area contributed by atoms with Gasteiger partial charge in [0.1, 0.15) is 0 Å². The summed E-state index contributed by atoms with van der Waals surface area (Å²) in [4.78, 5) is 14.5. The van der Waals surface area contributed by atoms with Gasteiger partial charge < -0.3 is 15.1 Å². The number of aryl methyl sites for hydroxylation is 1. The Hall–Kier alpha value is -2.18. The number of aliphatic hydroxyl groups excluding tert-OH is 2. The van der Waals surface area contributed by atoms with Gasteiger partial charge in [-0.05, 0) is 44.7 Å². The third kappa shape index (κ3) is 3.60. The summed E-state index contributed by atoms with van der Waals surface area (Å²) in [5.41, 5.74) is 4.77. The standard InChI is InChI=1S/C19H25N3O3/c1-14-6-8-15(9-7-14)22-17-5-2-4-16(17)18(20-22)19(25)21(11-13-24)10-3-12-23/h6-9,23-24H,2-5,10-13H2,1H3. The van der Waals surface area contributed by atoms with Crippen LogP contribution in [0.15, 0.2) is 24.3 Å². The molecule has 0 aliphatic heterocycles. The van der Waals surface area contributed by atoms with Gasteiger partial charge in [0.15, 0.2) is 5.69 Å². The van der Waals surface area contributed by atoms with E-state index in [0.717, 1.165) is 36.2 Å². The highest BCUT2D eigenvalue weighted by Gasteiger charge is 2.29. The van der Waals surface area contributed by atoms with Crippen molar-refractivity contribution in [1.29, 1.82) is 0 Å². The Morgan fingerprint density at radius 2 is 1.92 bits per heavy atom. The number of aromatic nitrogens is 2. The molecule has 6 heteroatoms. The minimum absolute atomic E-state index is 0.0190. The van der Waals surface area contributed by atoms with Crippen molar-refractivity contribution in [3.8, 4) is 5.69 Å². The van der Waals surface area contributed by atoms with Gasteiger partial charge in [0, 0.05) is 31.0 Å². The van der Waals surface area contributed by atoms with Gasteiger partial charge in [-0.1, -0.05) is 17.7 Å². The monoisotopic (exact) mass is 343 g/mol. The van der Waals surface area contributed by atoms with Crippen LogP contribution in [-0.2, 0) is 12.8 Å². The van der Waals surface area contributed by atoms with Crippen molar-refractivity contribution >= 4 is 5.91 Å². The van der Waals surface area contributed by atoms with Gasteiger partial charge in [-0.2, -0.15) is 5.10 Å². The van der Waals surface area contributed by atoms with E-state index in [2.05, 4.69) is 5.10 Å². The molecule has 1 aromatic heterocycles. The molecule has 0 spiro atoms. The highest BCUT2D eigenvalue weighted by molar-refractivity contribution is 5.94. The number of hydrogen-bond donors (Lipinski definition) is 2. The van der Waals surface area contributed by atoms with Gasteiger partial charge in [-0.3, -0.25) is 4.79 Å². The second-order valence-electron chi connectivity index (χ2n) is 6.47. The lowest BCUT2D eigenvalue weighted by Crippen LogP contribution is -2.35. The summed E-state index contributed by atoms with van der Waals surface area (Å²) in [6, 6.07) is 8.12. The molecule has 25 heavy (non-hydrogen) atoms. The van der Waals surface area contributed by atoms with E-state index in [1.54, 1.807) is 4.90 Å². The van der Waals surface area contributed by atoms with Crippen molar-refractivity contribution in [3.05, 3.63) is 46.8 Å². The van der Waals surface area contributed by atoms with Crippen LogP contribution in [0.1, 0.15) is 40.2 Å². The van der Waals surface area contributed by atoms with E-state index in [1.165, 1.54) is 5.56 Å². The average Bonchev–Trinajstić information content (AvgIpc) is 3.21. The molecule has 2 aromatic rings. The maximum absolute atomic E-state index is 13.0. The third-order valence-corrected chi connectivity index (χ3v) is 4.65. The molecule has 0 radical (unpaired) electrons. The molecule has 1 aromatic carbocycles. The Balaban J connectivity index is 1.95. The molecule has 6 nitrogen and oxygen atoms in total. The highest BCUT2D eigenvalue weighted by atomic mass is 16.3. The molecular formula is C19H25N3O3. The minimum Gasteiger partial charge on any atom is -0.396 e. The number of fused-ring (bicyclic) bond motifs is 1. The summed E-state index contributed by atoms with van der Waals surface area (Å²) in [5.74, 6) is -0.161. The molecule has 0 saturated heterocycles. The van der Waals surface area contributed by atoms with E-state index >= 15 is 0 Å². The fourth-order valence-electron chi connectivity index (χ4n) is 3.36. The first-order chi connectivity index (χ1) is 12.2. The topological polar surface area (TPSA) is 78.6 Å². The van der Waals surface area contributed by atoms with Crippen molar-refractivity contribution in [3.63, 3.8) is 0 Å². The lowest BCUT2D eigenvalue weighted by Gasteiger charge is -2.20. The van der Waals surface area contributed by atoms with Crippen molar-refractivity contribution in [2.45, 2.75) is 32.6 Å². The predicted molar refractivity (Wildman–Crippen MR) is 95.0 cm³/mol. The number of amides is 1. The van der Waals surface area contributed by atoms with Crippen LogP contribution in [0.25, 0.3) is 5.69 Å². The summed E-state index contributed by atoms with van der Waals surface area (Å²) in [5, 5.41) is 22.9. The number of carbonyl (C=O) groups excluding carboxylic acids is 1. The van der Waals surface area contributed by atoms with E-state index in [1.807, 2.05) is 35.9 Å². The van der Waals surface area contributed by atoms with E-state index in [-0.39, 0.29) is 25.7 Å². The number of hydrogen-bond acceptors (Lipinski definition) is 4. The molecular weight excluding hydrogens is 318 g/mol. The molecule has 0 saturated carbocycles. The van der Waals surface area contributed by atoms with Crippen molar-refractivity contribution < 1.29 is 15.0 Å². The summed E-state index contributed by atoms with van der Waals surface area (Å²) < 4.78 is 1.89. The molecule has 0 atom stereocenters. The van der Waals surface area contributed by atoms with Crippen LogP contribution in [-0.4, -0.2) is 57.1 Å². The van der Waals surface area contributed by atoms with Crippen molar-refractivity contribution in [1.82, 2.24) is 14.7 Å². The molecule has 1 amide bonds. The number of aliphatic hydroxyl groups is 2. The van der Waals surface area contributed by atoms with E-state index in [4.69, 9.17) is 5.11 Å². The van der Waals surface area contributed by atoms with E-state index in [9.17, 15) is 9.90 Å². The Morgan fingerprint density at radius 3 is 2.60 bits per heavy atom. The van der Waals surface area contributed by atoms with Crippen LogP contribution in [0.3, 0.4) is 0 Å². The fourth-order valence-corrected chi connectivity index (χ4v) is 3.36. The van der Waals surface area contributed by atoms with Gasteiger partial charge in [0.05, 0.1) is 12.3 Å². The normalized spacial score (nSPS) is 13.1. The maximum atomic E-state index is 13.0. The van der Waals surface area contributed by atoms with Crippen molar-refractivity contribution in [2.75, 3.05) is 26.3 Å². The smallest absolute Gasteiger partial charge is 0.274 e. The quantitative estimate of drug-likeness (QED) is 0.798. The van der Waals surface area contributed by atoms with Crippen LogP contribution in [0.5, 0.6) is 0 Å². The largest absolute Gasteiger partial charge is 0.396 e. The zero-order valence-corrected chi connectivity index (χ0v) is 14.6. The molecule has 1 aliphatic rings. The molecule has 134 valence electrons. The fraction of sp³-hybridized carbons (Fsp3) is 0.474. The van der Waals surface area contributed by atoms with Crippen LogP contribution < -0.4 is 0 Å². The SMILES string of the molecule is Cc1ccc(-n2nc(C(=O)N(CCO)CCCO)c3c2CCC3)cc1. The Labute approximate surface area is 147 Å². The first-order valence-electron chi connectivity index (χ1n) is 8.84. The molecule has 2 N–H and O–H groups in total. The molecule has 1 heterocycles. The first-order valence-corrected chi connectivity index (χ1v) is 8.84. The van der Waals surface area contributed by atoms with Crippen LogP contribution in [0.2, 0.25) is 0 Å². The Bertz CT molecular complexity index is 737. The van der Waals surface area contributed by atoms with Crippen molar-refractivity contribution in [2.24, 2.45) is 0 Å². The highest BCUT2D eigenvalue weighted by Crippen LogP contribution is 2.28. The maximum Gasteiger partial charge on any atom is 0.274 e. The summed E-state index contributed by atoms with van der Waals surface area (Å²) in [7, 11) is 0. The van der Waals surface area contributed by atoms with Gasteiger partial charge in [-0.15, -0.1) is 0 Å². The lowest BCUT2D eigenvalue weighted by molar-refractivity contribution is 0.0702. The number of nitrogens with zero attached hydrogens (tertiary/aromatic N) is 3. The average molecular weight is 343 g/mol. The predicted octanol–water partition coefficient (Wildman–Crippen LogP) is 1.49. The zero-order valence-electron chi connectivity index (χ0n) is 14.6. The van der Waals surface area contributed by atoms with Crippen LogP contribution in [0.4, 0.5) is 0 Å². The van der Waals surface area contributed by atoms with E-state index in [0.29, 0.717) is 18.7 Å². The summed E-state index contributed by atoms with van der Waals surface area (Å²) in [6.45, 7) is 2.64. The minimum atomic E-state index is -0.161. The summed E-state index contributed by atoms with van der Waals surface area (Å²) >= 11 is 0. The summed E-state index contributed by atoms with van der Waals surface area (Å²) in [6.07, 6.45) is 3.29. The molecule has 3 rings (SSSR count). The first kappa shape index (κ1) is 17.6. The molecule has 0 fully saturated rings. The Kier molecular flexibility index (Phi) is 5.50. The van der Waals surface area contributed by atoms with Gasteiger partial charge in [0.25, 0.3) is 5.91 Å². The van der Waals surface area contributed by atoms with Gasteiger partial charge >= 0.3 is 0 Å². The number of carbonyl (C=O) groups is 1. The second kappa shape index (κ2) is 7.80. The molecule has 1 aliphatic carbocycles. The number of rotatable bonds is 7. The lowest BCUT2D eigenvalue weighted by atomic mass is 10.1. The van der Waals surface area contributed by atoms with Crippen LogP contribution >= 0.6 is 0 Å². The van der Waals surface area contributed by atoms with Crippen LogP contribution in [0, 0.1) is 6.92 Å².